The quantitative estimate of drug-likeness (QED) is 0.872. The third-order valence-electron chi connectivity index (χ3n) is 3.31. The maximum absolute atomic E-state index is 11.9. The van der Waals surface area contributed by atoms with E-state index < -0.39 is 0 Å². The fourth-order valence-corrected chi connectivity index (χ4v) is 2.44. The molecule has 0 fully saturated rings. The highest BCUT2D eigenvalue weighted by Crippen LogP contribution is 2.39. The normalized spacial score (nSPS) is 20.3. The summed E-state index contributed by atoms with van der Waals surface area (Å²) in [6, 6.07) is 7.95. The first-order valence-corrected chi connectivity index (χ1v) is 6.74. The van der Waals surface area contributed by atoms with Crippen molar-refractivity contribution in [3.05, 3.63) is 29.8 Å². The largest absolute Gasteiger partial charge is 0.487 e. The van der Waals surface area contributed by atoms with Crippen LogP contribution in [0.2, 0.25) is 0 Å². The number of fused-ring (bicyclic) bond motifs is 1. The maximum atomic E-state index is 11.9. The Bertz CT molecular complexity index is 457. The van der Waals surface area contributed by atoms with Gasteiger partial charge < -0.3 is 15.4 Å². The average Bonchev–Trinajstić information content (AvgIpc) is 2.35. The zero-order valence-electron chi connectivity index (χ0n) is 11.8. The Labute approximate surface area is 114 Å². The van der Waals surface area contributed by atoms with Gasteiger partial charge in [-0.3, -0.25) is 4.79 Å². The van der Waals surface area contributed by atoms with Gasteiger partial charge in [0.1, 0.15) is 11.4 Å². The lowest BCUT2D eigenvalue weighted by atomic mass is 9.89. The van der Waals surface area contributed by atoms with Gasteiger partial charge in [-0.05, 0) is 27.0 Å². The number of rotatable bonds is 4. The van der Waals surface area contributed by atoms with Crippen molar-refractivity contribution in [3.8, 4) is 5.75 Å². The van der Waals surface area contributed by atoms with Gasteiger partial charge in [-0.25, -0.2) is 0 Å². The molecule has 1 atom stereocenters. The van der Waals surface area contributed by atoms with Gasteiger partial charge in [0.05, 0.1) is 6.04 Å². The second-order valence-electron chi connectivity index (χ2n) is 5.58. The molecule has 1 aromatic carbocycles. The predicted molar refractivity (Wildman–Crippen MR) is 75.2 cm³/mol. The Hall–Kier alpha value is -1.55. The molecular formula is C15H22N2O2. The molecule has 0 saturated carbocycles. The highest BCUT2D eigenvalue weighted by Gasteiger charge is 2.34. The Morgan fingerprint density at radius 3 is 2.89 bits per heavy atom. The highest BCUT2D eigenvalue weighted by molar-refractivity contribution is 5.76. The fraction of sp³-hybridized carbons (Fsp3) is 0.533. The number of carbonyl (C=O) groups is 1. The molecule has 1 aromatic rings. The third-order valence-corrected chi connectivity index (χ3v) is 3.31. The summed E-state index contributed by atoms with van der Waals surface area (Å²) in [5.41, 5.74) is 0.814. The van der Waals surface area contributed by atoms with Gasteiger partial charge in [0, 0.05) is 24.9 Å². The standard InChI is InChI=1S/C15H22N2O2/c1-15(2)10-12(17-14(18)8-9-16-3)11-6-4-5-7-13(11)19-15/h4-7,12,16H,8-10H2,1-3H3,(H,17,18). The van der Waals surface area contributed by atoms with E-state index in [-0.39, 0.29) is 17.6 Å². The van der Waals surface area contributed by atoms with Crippen LogP contribution in [0.15, 0.2) is 24.3 Å². The second-order valence-corrected chi connectivity index (χ2v) is 5.58. The molecule has 0 aliphatic carbocycles. The molecule has 4 nitrogen and oxygen atoms in total. The predicted octanol–water partition coefficient (Wildman–Crippen LogP) is 2.01. The zero-order valence-corrected chi connectivity index (χ0v) is 11.8. The summed E-state index contributed by atoms with van der Waals surface area (Å²) in [7, 11) is 1.85. The molecule has 1 aliphatic heterocycles. The van der Waals surface area contributed by atoms with Gasteiger partial charge in [0.25, 0.3) is 0 Å². The smallest absolute Gasteiger partial charge is 0.221 e. The van der Waals surface area contributed by atoms with Gasteiger partial charge in [-0.1, -0.05) is 18.2 Å². The Balaban J connectivity index is 2.13. The Morgan fingerprint density at radius 1 is 1.42 bits per heavy atom. The van der Waals surface area contributed by atoms with Crippen molar-refractivity contribution in [1.82, 2.24) is 10.6 Å². The maximum Gasteiger partial charge on any atom is 0.221 e. The van der Waals surface area contributed by atoms with E-state index in [0.717, 1.165) is 17.7 Å². The van der Waals surface area contributed by atoms with E-state index in [1.165, 1.54) is 0 Å². The lowest BCUT2D eigenvalue weighted by Crippen LogP contribution is -2.41. The molecule has 2 N–H and O–H groups in total. The summed E-state index contributed by atoms with van der Waals surface area (Å²) in [5, 5.41) is 6.09. The van der Waals surface area contributed by atoms with Gasteiger partial charge in [0.2, 0.25) is 5.91 Å². The minimum atomic E-state index is -0.255. The van der Waals surface area contributed by atoms with Crippen LogP contribution in [-0.2, 0) is 4.79 Å². The van der Waals surface area contributed by atoms with Crippen molar-refractivity contribution < 1.29 is 9.53 Å². The number of benzene rings is 1. The molecule has 1 aliphatic rings. The number of para-hydroxylation sites is 1. The Morgan fingerprint density at radius 2 is 2.16 bits per heavy atom. The van der Waals surface area contributed by atoms with Crippen LogP contribution in [0.25, 0.3) is 0 Å². The summed E-state index contributed by atoms with van der Waals surface area (Å²) < 4.78 is 5.95. The van der Waals surface area contributed by atoms with Crippen LogP contribution in [-0.4, -0.2) is 25.1 Å². The van der Waals surface area contributed by atoms with E-state index in [0.29, 0.717) is 13.0 Å². The SMILES string of the molecule is CNCCC(=O)NC1CC(C)(C)Oc2ccccc21. The molecule has 1 heterocycles. The van der Waals surface area contributed by atoms with Gasteiger partial charge in [0.15, 0.2) is 0 Å². The summed E-state index contributed by atoms with van der Waals surface area (Å²) >= 11 is 0. The van der Waals surface area contributed by atoms with Crippen LogP contribution in [0.5, 0.6) is 5.75 Å². The van der Waals surface area contributed by atoms with E-state index in [1.807, 2.05) is 31.3 Å². The van der Waals surface area contributed by atoms with Gasteiger partial charge in [-0.15, -0.1) is 0 Å². The first-order chi connectivity index (χ1) is 9.02. The van der Waals surface area contributed by atoms with Crippen LogP contribution in [0.3, 0.4) is 0 Å². The van der Waals surface area contributed by atoms with E-state index >= 15 is 0 Å². The van der Waals surface area contributed by atoms with E-state index in [2.05, 4.69) is 24.5 Å². The molecule has 0 bridgehead atoms. The van der Waals surface area contributed by atoms with Crippen LogP contribution >= 0.6 is 0 Å². The van der Waals surface area contributed by atoms with E-state index in [9.17, 15) is 4.79 Å². The van der Waals surface area contributed by atoms with Crippen molar-refractivity contribution >= 4 is 5.91 Å². The lowest BCUT2D eigenvalue weighted by molar-refractivity contribution is -0.122. The fourth-order valence-electron chi connectivity index (χ4n) is 2.44. The van der Waals surface area contributed by atoms with Gasteiger partial charge in [-0.2, -0.15) is 0 Å². The second kappa shape index (κ2) is 5.61. The Kier molecular flexibility index (Phi) is 4.10. The number of nitrogens with one attached hydrogen (secondary N) is 2. The summed E-state index contributed by atoms with van der Waals surface area (Å²) in [6.07, 6.45) is 1.28. The van der Waals surface area contributed by atoms with Crippen molar-refractivity contribution in [3.63, 3.8) is 0 Å². The number of carbonyl (C=O) groups excluding carboxylic acids is 1. The molecule has 0 saturated heterocycles. The minimum Gasteiger partial charge on any atom is -0.487 e. The molecule has 19 heavy (non-hydrogen) atoms. The molecule has 0 spiro atoms. The van der Waals surface area contributed by atoms with Crippen molar-refractivity contribution in [2.45, 2.75) is 38.3 Å². The van der Waals surface area contributed by atoms with Crippen LogP contribution in [0, 0.1) is 0 Å². The molecule has 2 rings (SSSR count). The monoisotopic (exact) mass is 262 g/mol. The summed E-state index contributed by atoms with van der Waals surface area (Å²) in [4.78, 5) is 11.9. The van der Waals surface area contributed by atoms with Crippen LogP contribution in [0.1, 0.15) is 38.3 Å². The minimum absolute atomic E-state index is 0.0318. The zero-order chi connectivity index (χ0) is 13.9. The molecule has 0 radical (unpaired) electrons. The van der Waals surface area contributed by atoms with Crippen molar-refractivity contribution in [2.75, 3.05) is 13.6 Å². The lowest BCUT2D eigenvalue weighted by Gasteiger charge is -2.37. The molecule has 104 valence electrons. The van der Waals surface area contributed by atoms with E-state index in [1.54, 1.807) is 0 Å². The average molecular weight is 262 g/mol. The van der Waals surface area contributed by atoms with Crippen LogP contribution < -0.4 is 15.4 Å². The summed E-state index contributed by atoms with van der Waals surface area (Å²) in [6.45, 7) is 4.80. The third kappa shape index (κ3) is 3.47. The van der Waals surface area contributed by atoms with Crippen molar-refractivity contribution in [1.29, 1.82) is 0 Å². The first kappa shape index (κ1) is 13.9. The van der Waals surface area contributed by atoms with Gasteiger partial charge >= 0.3 is 0 Å². The number of hydrogen-bond acceptors (Lipinski definition) is 3. The van der Waals surface area contributed by atoms with Crippen molar-refractivity contribution in [2.24, 2.45) is 0 Å². The van der Waals surface area contributed by atoms with Crippen LogP contribution in [0.4, 0.5) is 0 Å². The first-order valence-electron chi connectivity index (χ1n) is 6.74. The summed E-state index contributed by atoms with van der Waals surface area (Å²) in [5.74, 6) is 0.949. The molecule has 1 unspecified atom stereocenters. The highest BCUT2D eigenvalue weighted by atomic mass is 16.5. The molecule has 0 aromatic heterocycles. The molecule has 4 heteroatoms. The number of hydrogen-bond donors (Lipinski definition) is 2. The van der Waals surface area contributed by atoms with E-state index in [4.69, 9.17) is 4.74 Å². The number of amides is 1. The molecular weight excluding hydrogens is 240 g/mol. The molecule has 1 amide bonds. The topological polar surface area (TPSA) is 50.4 Å². The number of ether oxygens (including phenoxy) is 1.